The Hall–Kier alpha value is -3.12. The molecule has 0 aliphatic carbocycles. The summed E-state index contributed by atoms with van der Waals surface area (Å²) in [4.78, 5) is 13.8. The van der Waals surface area contributed by atoms with Crippen LogP contribution in [0.5, 0.6) is 5.75 Å². The minimum Gasteiger partial charge on any atom is -0.491 e. The number of nitrogens with zero attached hydrogens (tertiary/aromatic N) is 2. The van der Waals surface area contributed by atoms with Gasteiger partial charge in [-0.3, -0.25) is 4.79 Å². The van der Waals surface area contributed by atoms with Gasteiger partial charge in [0.1, 0.15) is 17.3 Å². The van der Waals surface area contributed by atoms with Crippen molar-refractivity contribution in [1.29, 1.82) is 0 Å². The zero-order valence-electron chi connectivity index (χ0n) is 21.1. The average Bonchev–Trinajstić information content (AvgIpc) is 3.17. The van der Waals surface area contributed by atoms with Crippen LogP contribution in [0.4, 0.5) is 11.4 Å². The van der Waals surface area contributed by atoms with Crippen molar-refractivity contribution < 1.29 is 23.1 Å². The van der Waals surface area contributed by atoms with Gasteiger partial charge < -0.3 is 20.6 Å². The van der Waals surface area contributed by atoms with Gasteiger partial charge in [-0.25, -0.2) is 14.3 Å². The Kier molecular flexibility index (Phi) is 7.79. The topological polar surface area (TPSA) is 139 Å². The second kappa shape index (κ2) is 10.7. The van der Waals surface area contributed by atoms with E-state index in [9.17, 15) is 18.3 Å². The van der Waals surface area contributed by atoms with Gasteiger partial charge in [-0.1, -0.05) is 18.2 Å². The Morgan fingerprint density at radius 1 is 1.24 bits per heavy atom. The van der Waals surface area contributed by atoms with Crippen molar-refractivity contribution in [2.24, 2.45) is 5.84 Å². The summed E-state index contributed by atoms with van der Waals surface area (Å²) < 4.78 is 33.9. The maximum atomic E-state index is 13.4. The molecule has 1 unspecified atom stereocenters. The molecule has 1 atom stereocenters. The molecule has 2 heterocycles. The maximum Gasteiger partial charge on any atom is 0.304 e. The van der Waals surface area contributed by atoms with Crippen LogP contribution in [0.25, 0.3) is 0 Å². The summed E-state index contributed by atoms with van der Waals surface area (Å²) in [6, 6.07) is 12.3. The number of carboxylic acids is 1. The molecule has 1 aliphatic rings. The molecule has 2 aromatic carbocycles. The van der Waals surface area contributed by atoms with Crippen LogP contribution in [0.15, 0.2) is 47.4 Å². The number of benzene rings is 2. The Morgan fingerprint density at radius 2 is 1.97 bits per heavy atom. The number of carbonyl (C=O) groups is 1. The first-order valence-electron chi connectivity index (χ1n) is 12.0. The van der Waals surface area contributed by atoms with Gasteiger partial charge in [0, 0.05) is 35.3 Å². The number of fused-ring (bicyclic) bond motifs is 1. The fraction of sp³-hybridized carbons (Fsp3) is 0.346. The van der Waals surface area contributed by atoms with Crippen molar-refractivity contribution in [3.63, 3.8) is 0 Å². The van der Waals surface area contributed by atoms with Gasteiger partial charge in [-0.2, -0.15) is 4.31 Å². The number of hydrogen-bond acceptors (Lipinski definition) is 8. The summed E-state index contributed by atoms with van der Waals surface area (Å²) in [5, 5.41) is 11.3. The molecule has 198 valence electrons. The van der Waals surface area contributed by atoms with E-state index >= 15 is 0 Å². The third-order valence-corrected chi connectivity index (χ3v) is 9.82. The zero-order chi connectivity index (χ0) is 26.9. The predicted molar refractivity (Wildman–Crippen MR) is 145 cm³/mol. The lowest BCUT2D eigenvalue weighted by atomic mass is 9.89. The molecule has 37 heavy (non-hydrogen) atoms. The Bertz CT molecular complexity index is 1420. The molecule has 0 amide bonds. The number of carboxylic acid groups (broad SMARTS) is 1. The van der Waals surface area contributed by atoms with Crippen LogP contribution in [0, 0.1) is 13.8 Å². The average molecular weight is 545 g/mol. The molecule has 3 aromatic rings. The van der Waals surface area contributed by atoms with Crippen LogP contribution in [-0.2, 0) is 21.4 Å². The van der Waals surface area contributed by atoms with Crippen molar-refractivity contribution in [2.75, 3.05) is 30.4 Å². The summed E-state index contributed by atoms with van der Waals surface area (Å²) in [7, 11) is -3.76. The maximum absolute atomic E-state index is 13.4. The van der Waals surface area contributed by atoms with Crippen molar-refractivity contribution in [2.45, 2.75) is 44.6 Å². The number of rotatable bonds is 8. The molecular weight excluding hydrogens is 512 g/mol. The lowest BCUT2D eigenvalue weighted by Crippen LogP contribution is -2.32. The summed E-state index contributed by atoms with van der Waals surface area (Å²) >= 11 is 1.48. The highest BCUT2D eigenvalue weighted by Gasteiger charge is 2.32. The van der Waals surface area contributed by atoms with E-state index in [4.69, 9.17) is 16.3 Å². The van der Waals surface area contributed by atoms with E-state index in [-0.39, 0.29) is 31.0 Å². The molecule has 0 saturated heterocycles. The smallest absolute Gasteiger partial charge is 0.304 e. The number of anilines is 2. The van der Waals surface area contributed by atoms with Crippen molar-refractivity contribution in [3.05, 3.63) is 68.9 Å². The second-order valence-corrected chi connectivity index (χ2v) is 12.2. The van der Waals surface area contributed by atoms with Gasteiger partial charge in [0.05, 0.1) is 17.8 Å². The van der Waals surface area contributed by atoms with Crippen LogP contribution < -0.4 is 21.3 Å². The van der Waals surface area contributed by atoms with E-state index in [2.05, 4.69) is 0 Å². The van der Waals surface area contributed by atoms with Crippen molar-refractivity contribution in [1.82, 2.24) is 4.31 Å². The minimum atomic E-state index is -3.76. The highest BCUT2D eigenvalue weighted by Crippen LogP contribution is 2.40. The molecule has 0 bridgehead atoms. The number of aliphatic carboxylic acids is 1. The van der Waals surface area contributed by atoms with E-state index in [1.807, 2.05) is 39.0 Å². The van der Waals surface area contributed by atoms with E-state index in [0.29, 0.717) is 23.7 Å². The Morgan fingerprint density at radius 3 is 2.68 bits per heavy atom. The largest absolute Gasteiger partial charge is 0.491 e. The normalized spacial score (nSPS) is 15.9. The van der Waals surface area contributed by atoms with E-state index < -0.39 is 21.9 Å². The molecule has 0 fully saturated rings. The van der Waals surface area contributed by atoms with Gasteiger partial charge in [-0.05, 0) is 61.7 Å². The highest BCUT2D eigenvalue weighted by atomic mass is 32.2. The molecule has 0 saturated carbocycles. The minimum absolute atomic E-state index is 0.123. The molecule has 0 spiro atoms. The quantitative estimate of drug-likeness (QED) is 0.221. The lowest BCUT2D eigenvalue weighted by Gasteiger charge is -2.24. The summed E-state index contributed by atoms with van der Waals surface area (Å²) in [5.41, 5.74) is 10.0. The SMILES string of the molecule is CCN(N)c1ccc(C(CC(=O)O)c2cc(CN3CCOc4ccccc4S3(=O)=O)c(C)s2)c(C)c1N. The molecule has 1 aromatic heterocycles. The number of nitrogen functional groups attached to an aromatic ring is 1. The van der Waals surface area contributed by atoms with Crippen LogP contribution in [0.1, 0.15) is 45.7 Å². The van der Waals surface area contributed by atoms with Gasteiger partial charge in [0.2, 0.25) is 10.0 Å². The summed E-state index contributed by atoms with van der Waals surface area (Å²) in [6.45, 7) is 6.91. The Balaban J connectivity index is 1.70. The molecule has 9 nitrogen and oxygen atoms in total. The van der Waals surface area contributed by atoms with Crippen molar-refractivity contribution in [3.8, 4) is 5.75 Å². The van der Waals surface area contributed by atoms with Crippen LogP contribution >= 0.6 is 11.3 Å². The predicted octanol–water partition coefficient (Wildman–Crippen LogP) is 3.84. The van der Waals surface area contributed by atoms with E-state index in [1.54, 1.807) is 29.3 Å². The number of thiophene rings is 1. The van der Waals surface area contributed by atoms with Gasteiger partial charge >= 0.3 is 5.97 Å². The van der Waals surface area contributed by atoms with Gasteiger partial charge in [0.25, 0.3) is 0 Å². The molecular formula is C26H32N4O5S2. The number of hydrazine groups is 1. The molecule has 0 radical (unpaired) electrons. The highest BCUT2D eigenvalue weighted by molar-refractivity contribution is 7.89. The van der Waals surface area contributed by atoms with Gasteiger partial charge in [-0.15, -0.1) is 11.3 Å². The number of nitrogens with two attached hydrogens (primary N) is 2. The Labute approximate surface area is 221 Å². The molecule has 5 N–H and O–H groups in total. The molecule has 11 heteroatoms. The third kappa shape index (κ3) is 5.30. The number of para-hydroxylation sites is 1. The zero-order valence-corrected chi connectivity index (χ0v) is 22.7. The van der Waals surface area contributed by atoms with Crippen molar-refractivity contribution >= 4 is 38.7 Å². The standard InChI is InChI=1S/C26H32N4O5S2/c1-4-30(28)21-10-9-19(16(2)26(21)27)20(14-25(31)32)23-13-18(17(3)36-23)15-29-11-12-35-22-7-5-6-8-24(22)37(29,33)34/h5-10,13,20H,4,11-12,14-15,27-28H2,1-3H3,(H,31,32). The third-order valence-electron chi connectivity index (χ3n) is 6.73. The van der Waals surface area contributed by atoms with Crippen LogP contribution in [-0.4, -0.2) is 43.5 Å². The number of sulfonamides is 1. The first-order chi connectivity index (χ1) is 17.5. The number of hydrogen-bond donors (Lipinski definition) is 3. The first kappa shape index (κ1) is 26.9. The van der Waals surface area contributed by atoms with E-state index in [1.165, 1.54) is 15.6 Å². The van der Waals surface area contributed by atoms with Crippen LogP contribution in [0.2, 0.25) is 0 Å². The number of aryl methyl sites for hydroxylation is 1. The summed E-state index contributed by atoms with van der Waals surface area (Å²) in [5.74, 6) is 5.03. The van der Waals surface area contributed by atoms with Crippen LogP contribution in [0.3, 0.4) is 0 Å². The lowest BCUT2D eigenvalue weighted by molar-refractivity contribution is -0.137. The van der Waals surface area contributed by atoms with E-state index in [0.717, 1.165) is 26.4 Å². The second-order valence-electron chi connectivity index (χ2n) is 9.01. The summed E-state index contributed by atoms with van der Waals surface area (Å²) in [6.07, 6.45) is -0.123. The first-order valence-corrected chi connectivity index (χ1v) is 14.2. The molecule has 4 rings (SSSR count). The molecule has 1 aliphatic heterocycles. The monoisotopic (exact) mass is 544 g/mol. The van der Waals surface area contributed by atoms with Gasteiger partial charge in [0.15, 0.2) is 0 Å². The number of ether oxygens (including phenoxy) is 1. The fourth-order valence-electron chi connectivity index (χ4n) is 4.59. The fourth-order valence-corrected chi connectivity index (χ4v) is 7.29.